The van der Waals surface area contributed by atoms with Gasteiger partial charge in [0.2, 0.25) is 0 Å². The van der Waals surface area contributed by atoms with Gasteiger partial charge in [0.1, 0.15) is 0 Å². The number of hydrogen-bond donors (Lipinski definition) is 1. The molecule has 0 amide bonds. The average molecular weight is 245 g/mol. The summed E-state index contributed by atoms with van der Waals surface area (Å²) in [6, 6.07) is 16.2. The van der Waals surface area contributed by atoms with Gasteiger partial charge in [0.05, 0.1) is 0 Å². The zero-order valence-corrected chi connectivity index (χ0v) is 11.7. The maximum Gasteiger partial charge on any atom is 0.161 e. The van der Waals surface area contributed by atoms with E-state index in [2.05, 4.69) is 47.8 Å². The Kier molecular flexibility index (Phi) is 4.59. The average Bonchev–Trinajstić information content (AvgIpc) is 2.38. The van der Waals surface area contributed by atoms with Crippen LogP contribution in [0.5, 0.6) is 0 Å². The summed E-state index contributed by atoms with van der Waals surface area (Å²) >= 11 is 0. The van der Waals surface area contributed by atoms with Crippen LogP contribution in [-0.4, -0.2) is 23.4 Å². The second kappa shape index (κ2) is 6.42. The van der Waals surface area contributed by atoms with Crippen molar-refractivity contribution in [3.63, 3.8) is 0 Å². The van der Waals surface area contributed by atoms with E-state index in [1.807, 2.05) is 7.11 Å². The SMILES string of the molecule is CO[SiH2]CCCNc1ccc2ccccc2c1. The number of benzene rings is 2. The Hall–Kier alpha value is -1.32. The Bertz CT molecular complexity index is 472. The highest BCUT2D eigenvalue weighted by Gasteiger charge is 1.95. The molecule has 17 heavy (non-hydrogen) atoms. The molecule has 0 aliphatic carbocycles. The first-order valence-corrected chi connectivity index (χ1v) is 7.69. The van der Waals surface area contributed by atoms with Gasteiger partial charge in [-0.3, -0.25) is 0 Å². The van der Waals surface area contributed by atoms with Crippen LogP contribution >= 0.6 is 0 Å². The van der Waals surface area contributed by atoms with E-state index >= 15 is 0 Å². The number of fused-ring (bicyclic) bond motifs is 1. The number of rotatable bonds is 6. The van der Waals surface area contributed by atoms with Gasteiger partial charge in [0, 0.05) is 19.3 Å². The molecule has 0 fully saturated rings. The first-order chi connectivity index (χ1) is 8.40. The van der Waals surface area contributed by atoms with Crippen LogP contribution in [0.1, 0.15) is 6.42 Å². The van der Waals surface area contributed by atoms with Crippen molar-refractivity contribution in [1.29, 1.82) is 0 Å². The lowest BCUT2D eigenvalue weighted by molar-refractivity contribution is 0.440. The molecule has 2 aromatic carbocycles. The van der Waals surface area contributed by atoms with E-state index in [1.54, 1.807) is 0 Å². The fraction of sp³-hybridized carbons (Fsp3) is 0.286. The molecule has 0 radical (unpaired) electrons. The van der Waals surface area contributed by atoms with Crippen LogP contribution in [0.3, 0.4) is 0 Å². The van der Waals surface area contributed by atoms with Gasteiger partial charge in [0.25, 0.3) is 0 Å². The predicted octanol–water partition coefficient (Wildman–Crippen LogP) is 2.79. The molecular formula is C14H19NOSi. The van der Waals surface area contributed by atoms with Crippen LogP contribution in [0.25, 0.3) is 10.8 Å². The summed E-state index contributed by atoms with van der Waals surface area (Å²) in [7, 11) is 1.56. The number of hydrogen-bond acceptors (Lipinski definition) is 2. The maximum absolute atomic E-state index is 5.16. The van der Waals surface area contributed by atoms with Crippen molar-refractivity contribution < 1.29 is 4.43 Å². The van der Waals surface area contributed by atoms with Crippen molar-refractivity contribution in [3.05, 3.63) is 42.5 Å². The highest BCUT2D eigenvalue weighted by molar-refractivity contribution is 6.26. The smallest absolute Gasteiger partial charge is 0.161 e. The highest BCUT2D eigenvalue weighted by Crippen LogP contribution is 2.18. The molecule has 0 saturated heterocycles. The van der Waals surface area contributed by atoms with E-state index in [4.69, 9.17) is 4.43 Å². The zero-order valence-electron chi connectivity index (χ0n) is 10.3. The van der Waals surface area contributed by atoms with Gasteiger partial charge < -0.3 is 9.74 Å². The van der Waals surface area contributed by atoms with Gasteiger partial charge >= 0.3 is 0 Å². The lowest BCUT2D eigenvalue weighted by Gasteiger charge is -2.07. The Labute approximate surface area is 105 Å². The minimum atomic E-state index is -0.252. The van der Waals surface area contributed by atoms with Crippen LogP contribution in [0.4, 0.5) is 5.69 Å². The fourth-order valence-corrected chi connectivity index (χ4v) is 2.65. The third-order valence-corrected chi connectivity index (χ3v) is 4.05. The Morgan fingerprint density at radius 3 is 2.76 bits per heavy atom. The summed E-state index contributed by atoms with van der Waals surface area (Å²) in [4.78, 5) is 0. The molecule has 0 aliphatic heterocycles. The van der Waals surface area contributed by atoms with Gasteiger partial charge in [-0.05, 0) is 35.4 Å². The van der Waals surface area contributed by atoms with Crippen molar-refractivity contribution in [2.24, 2.45) is 0 Å². The second-order valence-corrected chi connectivity index (χ2v) is 5.88. The second-order valence-electron chi connectivity index (χ2n) is 4.19. The van der Waals surface area contributed by atoms with E-state index in [9.17, 15) is 0 Å². The minimum Gasteiger partial charge on any atom is -0.427 e. The Morgan fingerprint density at radius 2 is 1.94 bits per heavy atom. The molecular weight excluding hydrogens is 226 g/mol. The lowest BCUT2D eigenvalue weighted by atomic mass is 10.1. The van der Waals surface area contributed by atoms with Gasteiger partial charge in [-0.2, -0.15) is 0 Å². The highest BCUT2D eigenvalue weighted by atomic mass is 28.2. The molecule has 0 unspecified atom stereocenters. The molecule has 90 valence electrons. The van der Waals surface area contributed by atoms with Gasteiger partial charge in [-0.1, -0.05) is 30.3 Å². The molecule has 2 rings (SSSR count). The molecule has 0 saturated carbocycles. The molecule has 0 bridgehead atoms. The summed E-state index contributed by atoms with van der Waals surface area (Å²) < 4.78 is 5.16. The lowest BCUT2D eigenvalue weighted by Crippen LogP contribution is -2.03. The molecule has 0 aromatic heterocycles. The zero-order chi connectivity index (χ0) is 11.9. The van der Waals surface area contributed by atoms with Crippen LogP contribution in [0.15, 0.2) is 42.5 Å². The maximum atomic E-state index is 5.16. The summed E-state index contributed by atoms with van der Waals surface area (Å²) in [5, 5.41) is 6.05. The normalized spacial score (nSPS) is 11.4. The van der Waals surface area contributed by atoms with E-state index in [-0.39, 0.29) is 9.76 Å². The fourth-order valence-electron chi connectivity index (χ4n) is 1.90. The molecule has 0 heterocycles. The number of nitrogens with one attached hydrogen (secondary N) is 1. The molecule has 2 nitrogen and oxygen atoms in total. The van der Waals surface area contributed by atoms with Crippen molar-refractivity contribution in [3.8, 4) is 0 Å². The molecule has 2 aromatic rings. The van der Waals surface area contributed by atoms with Gasteiger partial charge in [-0.25, -0.2) is 0 Å². The standard InChI is InChI=1S/C14H19NOSi/c1-16-17-10-4-9-15-14-8-7-12-5-2-3-6-13(12)11-14/h2-3,5-8,11,15H,4,9-10,17H2,1H3. The quantitative estimate of drug-likeness (QED) is 0.624. The van der Waals surface area contributed by atoms with Crippen molar-refractivity contribution >= 4 is 26.2 Å². The van der Waals surface area contributed by atoms with Crippen molar-refractivity contribution in [2.75, 3.05) is 19.0 Å². The van der Waals surface area contributed by atoms with Crippen molar-refractivity contribution in [2.45, 2.75) is 12.5 Å². The van der Waals surface area contributed by atoms with Crippen LogP contribution < -0.4 is 5.32 Å². The minimum absolute atomic E-state index is 0.252. The first kappa shape index (κ1) is 12.1. The Balaban J connectivity index is 1.90. The van der Waals surface area contributed by atoms with Crippen LogP contribution in [0, 0.1) is 0 Å². The predicted molar refractivity (Wildman–Crippen MR) is 77.4 cm³/mol. The Morgan fingerprint density at radius 1 is 1.12 bits per heavy atom. The van der Waals surface area contributed by atoms with Gasteiger partial charge in [-0.15, -0.1) is 0 Å². The number of anilines is 1. The van der Waals surface area contributed by atoms with Crippen LogP contribution in [0.2, 0.25) is 6.04 Å². The van der Waals surface area contributed by atoms with E-state index in [0.29, 0.717) is 0 Å². The summed E-state index contributed by atoms with van der Waals surface area (Å²) in [5.74, 6) is 0. The molecule has 3 heteroatoms. The first-order valence-electron chi connectivity index (χ1n) is 6.12. The molecule has 0 aliphatic rings. The monoisotopic (exact) mass is 245 g/mol. The molecule has 0 atom stereocenters. The summed E-state index contributed by atoms with van der Waals surface area (Å²) in [6.45, 7) is 1.04. The molecule has 0 spiro atoms. The summed E-state index contributed by atoms with van der Waals surface area (Å²) in [5.41, 5.74) is 1.21. The van der Waals surface area contributed by atoms with E-state index in [0.717, 1.165) is 6.54 Å². The topological polar surface area (TPSA) is 21.3 Å². The largest absolute Gasteiger partial charge is 0.427 e. The third-order valence-electron chi connectivity index (χ3n) is 2.85. The van der Waals surface area contributed by atoms with E-state index < -0.39 is 0 Å². The summed E-state index contributed by atoms with van der Waals surface area (Å²) in [6.07, 6.45) is 1.20. The van der Waals surface area contributed by atoms with E-state index in [1.165, 1.54) is 28.9 Å². The van der Waals surface area contributed by atoms with Crippen molar-refractivity contribution in [1.82, 2.24) is 0 Å². The molecule has 1 N–H and O–H groups in total. The van der Waals surface area contributed by atoms with Crippen LogP contribution in [-0.2, 0) is 4.43 Å². The third kappa shape index (κ3) is 3.58. The van der Waals surface area contributed by atoms with Gasteiger partial charge in [0.15, 0.2) is 9.76 Å².